The second-order valence-corrected chi connectivity index (χ2v) is 9.58. The molecule has 2 heterocycles. The third-order valence-corrected chi connectivity index (χ3v) is 6.81. The van der Waals surface area contributed by atoms with Crippen LogP contribution in [0.3, 0.4) is 0 Å². The van der Waals surface area contributed by atoms with E-state index in [1.807, 2.05) is 0 Å². The van der Waals surface area contributed by atoms with Crippen molar-refractivity contribution < 1.29 is 35.9 Å². The number of alkyl halides is 6. The Morgan fingerprint density at radius 1 is 1.03 bits per heavy atom. The van der Waals surface area contributed by atoms with E-state index in [0.717, 1.165) is 23.1 Å². The molecule has 0 aliphatic rings. The van der Waals surface area contributed by atoms with Crippen LogP contribution in [0.1, 0.15) is 29.5 Å². The standard InChI is InChI=1S/C18H13F6N3O2S3/c1-2-29-14(28)4-3-13-26-27-16(31-13)32-15-25-12(8-30-15)9-5-10(17(19,20)21)7-11(6-9)18(22,23)24/h5-8H,2-4H2,1H3. The first-order chi connectivity index (χ1) is 15.0. The van der Waals surface area contributed by atoms with E-state index in [-0.39, 0.29) is 36.3 Å². The van der Waals surface area contributed by atoms with Gasteiger partial charge in [0.05, 0.1) is 29.8 Å². The molecule has 0 spiro atoms. The first-order valence-corrected chi connectivity index (χ1v) is 11.4. The van der Waals surface area contributed by atoms with Gasteiger partial charge in [-0.2, -0.15) is 26.3 Å². The predicted octanol–water partition coefficient (Wildman–Crippen LogP) is 6.35. The van der Waals surface area contributed by atoms with Gasteiger partial charge in [0, 0.05) is 17.4 Å². The molecule has 2 aromatic heterocycles. The quantitative estimate of drug-likeness (QED) is 0.271. The van der Waals surface area contributed by atoms with Crippen molar-refractivity contribution in [3.8, 4) is 11.3 Å². The van der Waals surface area contributed by atoms with Crippen molar-refractivity contribution in [1.82, 2.24) is 15.2 Å². The fraction of sp³-hybridized carbons (Fsp3) is 0.333. The Kier molecular flexibility index (Phi) is 7.45. The second-order valence-electron chi connectivity index (χ2n) is 6.16. The average molecular weight is 514 g/mol. The maximum Gasteiger partial charge on any atom is 0.416 e. The minimum Gasteiger partial charge on any atom is -0.466 e. The summed E-state index contributed by atoms with van der Waals surface area (Å²) in [7, 11) is 0. The molecule has 5 nitrogen and oxygen atoms in total. The Hall–Kier alpha value is -2.19. The zero-order valence-corrected chi connectivity index (χ0v) is 18.5. The summed E-state index contributed by atoms with van der Waals surface area (Å²) in [5, 5.41) is 9.88. The normalized spacial score (nSPS) is 12.2. The molecule has 172 valence electrons. The van der Waals surface area contributed by atoms with Gasteiger partial charge in [0.2, 0.25) is 0 Å². The summed E-state index contributed by atoms with van der Waals surface area (Å²) >= 11 is 3.34. The molecule has 0 aliphatic heterocycles. The summed E-state index contributed by atoms with van der Waals surface area (Å²) < 4.78 is 84.1. The van der Waals surface area contributed by atoms with Crippen molar-refractivity contribution in [2.45, 2.75) is 40.8 Å². The van der Waals surface area contributed by atoms with Gasteiger partial charge >= 0.3 is 18.3 Å². The van der Waals surface area contributed by atoms with E-state index in [9.17, 15) is 31.1 Å². The average Bonchev–Trinajstić information content (AvgIpc) is 3.35. The summed E-state index contributed by atoms with van der Waals surface area (Å²) in [6.45, 7) is 1.97. The fourth-order valence-corrected chi connectivity index (χ4v) is 5.36. The van der Waals surface area contributed by atoms with Gasteiger partial charge in [-0.05, 0) is 36.9 Å². The number of aryl methyl sites for hydroxylation is 1. The lowest BCUT2D eigenvalue weighted by atomic mass is 10.0. The van der Waals surface area contributed by atoms with Crippen LogP contribution in [0.15, 0.2) is 32.3 Å². The number of carbonyl (C=O) groups excluding carboxylic acids is 1. The summed E-state index contributed by atoms with van der Waals surface area (Å²) in [6, 6.07) is 1.35. The van der Waals surface area contributed by atoms with E-state index >= 15 is 0 Å². The summed E-state index contributed by atoms with van der Waals surface area (Å²) in [6.07, 6.45) is -9.39. The molecule has 0 bridgehead atoms. The number of carbonyl (C=O) groups is 1. The zero-order valence-electron chi connectivity index (χ0n) is 16.1. The van der Waals surface area contributed by atoms with Crippen molar-refractivity contribution in [2.24, 2.45) is 0 Å². The molecule has 3 aromatic rings. The van der Waals surface area contributed by atoms with E-state index in [0.29, 0.717) is 32.2 Å². The van der Waals surface area contributed by atoms with Crippen LogP contribution >= 0.6 is 34.4 Å². The van der Waals surface area contributed by atoms with Crippen molar-refractivity contribution in [3.63, 3.8) is 0 Å². The van der Waals surface area contributed by atoms with Crippen molar-refractivity contribution >= 4 is 40.4 Å². The molecule has 0 saturated heterocycles. The highest BCUT2D eigenvalue weighted by Crippen LogP contribution is 2.40. The van der Waals surface area contributed by atoms with E-state index in [1.54, 1.807) is 6.92 Å². The molecule has 1 aromatic carbocycles. The van der Waals surface area contributed by atoms with Crippen LogP contribution in [0, 0.1) is 0 Å². The highest BCUT2D eigenvalue weighted by atomic mass is 32.2. The van der Waals surface area contributed by atoms with Crippen LogP contribution in [0.25, 0.3) is 11.3 Å². The van der Waals surface area contributed by atoms with Gasteiger partial charge < -0.3 is 4.74 Å². The maximum absolute atomic E-state index is 13.1. The lowest BCUT2D eigenvalue weighted by Gasteiger charge is -2.13. The number of halogens is 6. The van der Waals surface area contributed by atoms with Gasteiger partial charge in [0.25, 0.3) is 0 Å². The lowest BCUT2D eigenvalue weighted by Crippen LogP contribution is -2.11. The number of aromatic nitrogens is 3. The molecule has 0 aliphatic carbocycles. The van der Waals surface area contributed by atoms with Gasteiger partial charge in [-0.1, -0.05) is 11.3 Å². The molecule has 14 heteroatoms. The van der Waals surface area contributed by atoms with Gasteiger partial charge in [0.15, 0.2) is 8.68 Å². The third kappa shape index (κ3) is 6.42. The molecule has 0 saturated carbocycles. The van der Waals surface area contributed by atoms with E-state index in [2.05, 4.69) is 15.2 Å². The molecule has 0 unspecified atom stereocenters. The monoisotopic (exact) mass is 513 g/mol. The molecule has 0 radical (unpaired) electrons. The number of esters is 1. The zero-order chi connectivity index (χ0) is 23.5. The van der Waals surface area contributed by atoms with Crippen LogP contribution in [-0.4, -0.2) is 27.8 Å². The minimum atomic E-state index is -4.93. The molecule has 0 N–H and O–H groups in total. The third-order valence-electron chi connectivity index (χ3n) is 3.84. The van der Waals surface area contributed by atoms with Crippen LogP contribution in [0.5, 0.6) is 0 Å². The van der Waals surface area contributed by atoms with E-state index in [4.69, 9.17) is 4.74 Å². The molecule has 0 atom stereocenters. The topological polar surface area (TPSA) is 65.0 Å². The van der Waals surface area contributed by atoms with Gasteiger partial charge in [0.1, 0.15) is 5.01 Å². The lowest BCUT2D eigenvalue weighted by molar-refractivity contribution is -0.144. The Morgan fingerprint density at radius 3 is 2.28 bits per heavy atom. The first-order valence-electron chi connectivity index (χ1n) is 8.87. The van der Waals surface area contributed by atoms with Crippen LogP contribution in [0.2, 0.25) is 0 Å². The predicted molar refractivity (Wildman–Crippen MR) is 107 cm³/mol. The second kappa shape index (κ2) is 9.75. The fourth-order valence-electron chi connectivity index (χ4n) is 2.44. The first kappa shape index (κ1) is 24.5. The van der Waals surface area contributed by atoms with E-state index < -0.39 is 23.5 Å². The van der Waals surface area contributed by atoms with Crippen molar-refractivity contribution in [1.29, 1.82) is 0 Å². The maximum atomic E-state index is 13.1. The van der Waals surface area contributed by atoms with Gasteiger partial charge in [-0.3, -0.25) is 4.79 Å². The number of ether oxygens (including phenoxy) is 1. The number of hydrogen-bond donors (Lipinski definition) is 0. The van der Waals surface area contributed by atoms with Crippen LogP contribution in [-0.2, 0) is 28.3 Å². The number of benzene rings is 1. The number of thiazole rings is 1. The largest absolute Gasteiger partial charge is 0.466 e. The Balaban J connectivity index is 1.77. The molecule has 32 heavy (non-hydrogen) atoms. The molecular weight excluding hydrogens is 500 g/mol. The summed E-state index contributed by atoms with van der Waals surface area (Å²) in [4.78, 5) is 15.5. The summed E-state index contributed by atoms with van der Waals surface area (Å²) in [5.74, 6) is -0.360. The van der Waals surface area contributed by atoms with Crippen LogP contribution < -0.4 is 0 Å². The SMILES string of the molecule is CCOC(=O)CCc1nnc(Sc2nc(-c3cc(C(F)(F)F)cc(C(F)(F)F)c3)cs2)s1. The minimum absolute atomic E-state index is 0.0128. The number of rotatable bonds is 7. The highest BCUT2D eigenvalue weighted by molar-refractivity contribution is 8.02. The number of hydrogen-bond acceptors (Lipinski definition) is 8. The Bertz CT molecular complexity index is 1060. The highest BCUT2D eigenvalue weighted by Gasteiger charge is 2.37. The van der Waals surface area contributed by atoms with E-state index in [1.165, 1.54) is 16.7 Å². The summed E-state index contributed by atoms with van der Waals surface area (Å²) in [5.41, 5.74) is -3.11. The molecular formula is C18H13F6N3O2S3. The van der Waals surface area contributed by atoms with Crippen molar-refractivity contribution in [2.75, 3.05) is 6.61 Å². The van der Waals surface area contributed by atoms with Crippen LogP contribution in [0.4, 0.5) is 26.3 Å². The van der Waals surface area contributed by atoms with Gasteiger partial charge in [-0.25, -0.2) is 4.98 Å². The van der Waals surface area contributed by atoms with Crippen molar-refractivity contribution in [3.05, 3.63) is 39.7 Å². The number of nitrogens with zero attached hydrogens (tertiary/aromatic N) is 3. The molecule has 0 amide bonds. The smallest absolute Gasteiger partial charge is 0.416 e. The molecule has 3 rings (SSSR count). The van der Waals surface area contributed by atoms with Gasteiger partial charge in [-0.15, -0.1) is 21.5 Å². The molecule has 0 fully saturated rings. The Morgan fingerprint density at radius 2 is 1.69 bits per heavy atom. The Labute approximate surface area is 189 Å².